The summed E-state index contributed by atoms with van der Waals surface area (Å²) in [5.41, 5.74) is 3.77. The molecular weight excluding hydrogens is 230 g/mol. The molecule has 3 rings (SSSR count). The third-order valence-corrected chi connectivity index (χ3v) is 5.28. The fourth-order valence-corrected chi connectivity index (χ4v) is 4.28. The van der Waals surface area contributed by atoms with Crippen LogP contribution in [0.1, 0.15) is 42.0 Å². The molecule has 2 nitrogen and oxygen atoms in total. The van der Waals surface area contributed by atoms with Crippen LogP contribution in [0.25, 0.3) is 0 Å². The zero-order valence-electron chi connectivity index (χ0n) is 10.5. The maximum Gasteiger partial charge on any atom is 0.0536 e. The van der Waals surface area contributed by atoms with Crippen LogP contribution in [0.15, 0.2) is 17.0 Å². The summed E-state index contributed by atoms with van der Waals surface area (Å²) < 4.78 is 12.1. The summed E-state index contributed by atoms with van der Waals surface area (Å²) in [6, 6.07) is 5.50. The van der Waals surface area contributed by atoms with Crippen molar-refractivity contribution in [3.8, 4) is 0 Å². The second kappa shape index (κ2) is 4.21. The second-order valence-corrected chi connectivity index (χ2v) is 6.84. The molecule has 0 aromatic heterocycles. The quantitative estimate of drug-likeness (QED) is 0.873. The van der Waals surface area contributed by atoms with Crippen molar-refractivity contribution in [2.45, 2.75) is 50.1 Å². The summed E-state index contributed by atoms with van der Waals surface area (Å²) in [5, 5.41) is 3.69. The molecule has 1 fully saturated rings. The van der Waals surface area contributed by atoms with Gasteiger partial charge in [-0.15, -0.1) is 0 Å². The van der Waals surface area contributed by atoms with E-state index in [0.717, 1.165) is 17.1 Å². The highest BCUT2D eigenvalue weighted by molar-refractivity contribution is 7.85. The number of benzene rings is 1. The molecule has 1 aliphatic heterocycles. The number of aryl methyl sites for hydroxylation is 2. The Labute approximate surface area is 105 Å². The first-order valence-electron chi connectivity index (χ1n) is 6.40. The van der Waals surface area contributed by atoms with E-state index in [1.54, 1.807) is 0 Å². The lowest BCUT2D eigenvalue weighted by Crippen LogP contribution is -2.29. The molecule has 3 heteroatoms. The Kier molecular flexibility index (Phi) is 2.83. The van der Waals surface area contributed by atoms with Crippen molar-refractivity contribution in [3.63, 3.8) is 0 Å². The molecule has 1 aliphatic carbocycles. The first-order valence-corrected chi connectivity index (χ1v) is 7.72. The number of hydrogen-bond acceptors (Lipinski definition) is 2. The van der Waals surface area contributed by atoms with Crippen molar-refractivity contribution in [3.05, 3.63) is 28.8 Å². The molecule has 2 aliphatic rings. The Bertz CT molecular complexity index is 479. The molecule has 0 bridgehead atoms. The Morgan fingerprint density at radius 2 is 2.00 bits per heavy atom. The first-order chi connectivity index (χ1) is 8.15. The largest absolute Gasteiger partial charge is 0.307 e. The first kappa shape index (κ1) is 11.4. The Morgan fingerprint density at radius 3 is 2.71 bits per heavy atom. The van der Waals surface area contributed by atoms with Crippen molar-refractivity contribution in [1.29, 1.82) is 0 Å². The van der Waals surface area contributed by atoms with Gasteiger partial charge in [0.25, 0.3) is 0 Å². The van der Waals surface area contributed by atoms with E-state index in [0.29, 0.717) is 12.1 Å². The van der Waals surface area contributed by atoms with Gasteiger partial charge in [-0.05, 0) is 44.2 Å². The lowest BCUT2D eigenvalue weighted by Gasteiger charge is -2.27. The molecule has 1 aromatic rings. The molecule has 1 aromatic carbocycles. The normalized spacial score (nSPS) is 27.9. The monoisotopic (exact) mass is 249 g/mol. The van der Waals surface area contributed by atoms with Crippen molar-refractivity contribution in [2.24, 2.45) is 0 Å². The van der Waals surface area contributed by atoms with E-state index in [9.17, 15) is 4.21 Å². The van der Waals surface area contributed by atoms with Crippen molar-refractivity contribution in [2.75, 3.05) is 5.75 Å². The summed E-state index contributed by atoms with van der Waals surface area (Å²) in [6.07, 6.45) is 3.62. The van der Waals surface area contributed by atoms with Crippen LogP contribution in [0, 0.1) is 13.8 Å². The van der Waals surface area contributed by atoms with Gasteiger partial charge in [0.15, 0.2) is 0 Å². The SMILES string of the molecule is Cc1cc(C)c2c(c1)C(NC1CC1)CCS2=O. The molecule has 2 unspecified atom stereocenters. The molecule has 2 atom stereocenters. The maximum atomic E-state index is 12.1. The van der Waals surface area contributed by atoms with Crippen molar-refractivity contribution in [1.82, 2.24) is 5.32 Å². The number of fused-ring (bicyclic) bond motifs is 1. The van der Waals surface area contributed by atoms with E-state index in [-0.39, 0.29) is 0 Å². The van der Waals surface area contributed by atoms with Gasteiger partial charge in [-0.2, -0.15) is 0 Å². The van der Waals surface area contributed by atoms with Gasteiger partial charge in [0.05, 0.1) is 10.8 Å². The van der Waals surface area contributed by atoms with Gasteiger partial charge in [0.1, 0.15) is 0 Å². The van der Waals surface area contributed by atoms with Crippen molar-refractivity contribution >= 4 is 10.8 Å². The van der Waals surface area contributed by atoms with E-state index in [4.69, 9.17) is 0 Å². The third-order valence-electron chi connectivity index (χ3n) is 3.66. The van der Waals surface area contributed by atoms with Gasteiger partial charge in [-0.3, -0.25) is 4.21 Å². The van der Waals surface area contributed by atoms with Gasteiger partial charge >= 0.3 is 0 Å². The van der Waals surface area contributed by atoms with Gasteiger partial charge < -0.3 is 5.32 Å². The summed E-state index contributed by atoms with van der Waals surface area (Å²) in [4.78, 5) is 1.10. The Balaban J connectivity index is 2.03. The topological polar surface area (TPSA) is 29.1 Å². The van der Waals surface area contributed by atoms with Gasteiger partial charge in [-0.1, -0.05) is 17.7 Å². The van der Waals surface area contributed by atoms with Gasteiger partial charge in [-0.25, -0.2) is 0 Å². The zero-order valence-corrected chi connectivity index (χ0v) is 11.3. The average molecular weight is 249 g/mol. The van der Waals surface area contributed by atoms with E-state index >= 15 is 0 Å². The molecule has 1 saturated carbocycles. The molecular formula is C14H19NOS. The fourth-order valence-electron chi connectivity index (χ4n) is 2.75. The standard InChI is InChI=1S/C14H19NOS/c1-9-7-10(2)14-12(8-9)13(5-6-17(14)16)15-11-3-4-11/h7-8,11,13,15H,3-6H2,1-2H3. The van der Waals surface area contributed by atoms with Crippen LogP contribution in [-0.4, -0.2) is 16.0 Å². The van der Waals surface area contributed by atoms with Crippen LogP contribution in [0.5, 0.6) is 0 Å². The van der Waals surface area contributed by atoms with E-state index in [1.807, 2.05) is 0 Å². The smallest absolute Gasteiger partial charge is 0.0536 e. The summed E-state index contributed by atoms with van der Waals surface area (Å²) in [6.45, 7) is 4.21. The molecule has 0 spiro atoms. The molecule has 0 radical (unpaired) electrons. The van der Waals surface area contributed by atoms with Gasteiger partial charge in [0, 0.05) is 22.7 Å². The van der Waals surface area contributed by atoms with E-state index in [1.165, 1.54) is 29.5 Å². The molecule has 92 valence electrons. The number of hydrogen-bond donors (Lipinski definition) is 1. The van der Waals surface area contributed by atoms with Gasteiger partial charge in [0.2, 0.25) is 0 Å². The number of rotatable bonds is 2. The highest BCUT2D eigenvalue weighted by Gasteiger charge is 2.31. The predicted octanol–water partition coefficient (Wildman–Crippen LogP) is 2.61. The Hall–Kier alpha value is -0.670. The summed E-state index contributed by atoms with van der Waals surface area (Å²) >= 11 is 0. The van der Waals surface area contributed by atoms with Crippen LogP contribution < -0.4 is 5.32 Å². The minimum atomic E-state index is -0.790. The van der Waals surface area contributed by atoms with Crippen LogP contribution in [0.3, 0.4) is 0 Å². The van der Waals surface area contributed by atoms with Crippen LogP contribution in [0.4, 0.5) is 0 Å². The molecule has 1 N–H and O–H groups in total. The minimum absolute atomic E-state index is 0.425. The van der Waals surface area contributed by atoms with E-state index in [2.05, 4.69) is 31.3 Å². The highest BCUT2D eigenvalue weighted by atomic mass is 32.2. The number of nitrogens with one attached hydrogen (secondary N) is 1. The van der Waals surface area contributed by atoms with Crippen LogP contribution >= 0.6 is 0 Å². The fraction of sp³-hybridized carbons (Fsp3) is 0.571. The average Bonchev–Trinajstić information content (AvgIpc) is 3.05. The lowest BCUT2D eigenvalue weighted by molar-refractivity contribution is 0.500. The highest BCUT2D eigenvalue weighted by Crippen LogP contribution is 2.35. The predicted molar refractivity (Wildman–Crippen MR) is 70.7 cm³/mol. The molecule has 0 amide bonds. The second-order valence-electron chi connectivity index (χ2n) is 5.33. The minimum Gasteiger partial charge on any atom is -0.307 e. The third kappa shape index (κ3) is 2.18. The molecule has 1 heterocycles. The van der Waals surface area contributed by atoms with Crippen molar-refractivity contribution < 1.29 is 4.21 Å². The maximum absolute atomic E-state index is 12.1. The molecule has 0 saturated heterocycles. The zero-order chi connectivity index (χ0) is 12.0. The van der Waals surface area contributed by atoms with E-state index < -0.39 is 10.8 Å². The Morgan fingerprint density at radius 1 is 1.24 bits per heavy atom. The lowest BCUT2D eigenvalue weighted by atomic mass is 9.98. The summed E-state index contributed by atoms with van der Waals surface area (Å²) in [7, 11) is -0.790. The van der Waals surface area contributed by atoms with Crippen LogP contribution in [-0.2, 0) is 10.8 Å². The molecule has 17 heavy (non-hydrogen) atoms. The van der Waals surface area contributed by atoms with Crippen LogP contribution in [0.2, 0.25) is 0 Å². The summed E-state index contributed by atoms with van der Waals surface area (Å²) in [5.74, 6) is 0.807.